The Morgan fingerprint density at radius 1 is 1.36 bits per heavy atom. The van der Waals surface area contributed by atoms with Gasteiger partial charge in [-0.15, -0.1) is 0 Å². The first kappa shape index (κ1) is 11.1. The predicted molar refractivity (Wildman–Crippen MR) is 46.0 cm³/mol. The van der Waals surface area contributed by atoms with Crippen LogP contribution in [0.3, 0.4) is 0 Å². The molecule has 0 spiro atoms. The van der Waals surface area contributed by atoms with Gasteiger partial charge in [-0.3, -0.25) is 0 Å². The third kappa shape index (κ3) is 4.53. The van der Waals surface area contributed by atoms with E-state index in [1.807, 2.05) is 0 Å². The van der Waals surface area contributed by atoms with Crippen LogP contribution in [-0.2, 0) is 19.5 Å². The van der Waals surface area contributed by atoms with E-state index < -0.39 is 0 Å². The van der Waals surface area contributed by atoms with Crippen LogP contribution >= 0.6 is 0 Å². The molecule has 0 bridgehead atoms. The molecular formula is C10H16Ru+. The zero-order chi connectivity index (χ0) is 7.23. The van der Waals surface area contributed by atoms with E-state index in [1.54, 1.807) is 5.57 Å². The zero-order valence-corrected chi connectivity index (χ0v) is 8.86. The predicted octanol–water partition coefficient (Wildman–Crippen LogP) is 3.45. The fraction of sp³-hybridized carbons (Fsp3) is 0.600. The molecule has 0 N–H and O–H groups in total. The summed E-state index contributed by atoms with van der Waals surface area (Å²) in [5.41, 5.74) is 1.61. The van der Waals surface area contributed by atoms with Crippen LogP contribution in [0.4, 0.5) is 0 Å². The molecule has 0 fully saturated rings. The van der Waals surface area contributed by atoms with Crippen molar-refractivity contribution in [1.82, 2.24) is 0 Å². The monoisotopic (exact) mass is 238 g/mol. The molecule has 1 aliphatic carbocycles. The smallest absolute Gasteiger partial charge is 0.0845 e. The summed E-state index contributed by atoms with van der Waals surface area (Å²) in [7, 11) is 0. The Morgan fingerprint density at radius 2 is 2.18 bits per heavy atom. The molecule has 0 unspecified atom stereocenters. The SMILES string of the molecule is CCC1=CC=CCCCC1.[Ru+]. The number of rotatable bonds is 1. The molecule has 0 aromatic heterocycles. The minimum Gasteiger partial charge on any atom is -0.0845 e. The van der Waals surface area contributed by atoms with Crippen LogP contribution in [0.15, 0.2) is 23.8 Å². The van der Waals surface area contributed by atoms with Crippen molar-refractivity contribution < 1.29 is 19.5 Å². The van der Waals surface area contributed by atoms with Gasteiger partial charge in [-0.25, -0.2) is 0 Å². The first-order chi connectivity index (χ1) is 4.93. The summed E-state index contributed by atoms with van der Waals surface area (Å²) in [5.74, 6) is 0. The Balaban J connectivity index is 0.000001000. The van der Waals surface area contributed by atoms with Crippen LogP contribution in [0, 0.1) is 0 Å². The van der Waals surface area contributed by atoms with Crippen LogP contribution in [0.1, 0.15) is 39.0 Å². The fourth-order valence-electron chi connectivity index (χ4n) is 1.29. The second-order valence-corrected chi connectivity index (χ2v) is 2.85. The summed E-state index contributed by atoms with van der Waals surface area (Å²) in [6.07, 6.45) is 13.3. The second kappa shape index (κ2) is 6.79. The molecule has 0 saturated carbocycles. The molecule has 1 radical (unpaired) electrons. The maximum Gasteiger partial charge on any atom is 1.00 e. The van der Waals surface area contributed by atoms with E-state index in [1.165, 1.54) is 32.1 Å². The average molecular weight is 237 g/mol. The Morgan fingerprint density at radius 3 is 2.91 bits per heavy atom. The summed E-state index contributed by atoms with van der Waals surface area (Å²) >= 11 is 0. The van der Waals surface area contributed by atoms with Crippen molar-refractivity contribution >= 4 is 0 Å². The first-order valence-electron chi connectivity index (χ1n) is 4.28. The largest absolute Gasteiger partial charge is 1.00 e. The van der Waals surface area contributed by atoms with E-state index in [0.29, 0.717) is 0 Å². The normalized spacial score (nSPS) is 17.7. The van der Waals surface area contributed by atoms with E-state index in [-0.39, 0.29) is 19.5 Å². The molecule has 0 heterocycles. The molecule has 0 aliphatic heterocycles. The van der Waals surface area contributed by atoms with E-state index in [4.69, 9.17) is 0 Å². The molecule has 0 atom stereocenters. The van der Waals surface area contributed by atoms with Gasteiger partial charge in [0.25, 0.3) is 0 Å². The van der Waals surface area contributed by atoms with Gasteiger partial charge in [-0.2, -0.15) is 0 Å². The first-order valence-corrected chi connectivity index (χ1v) is 4.28. The Kier molecular flexibility index (Phi) is 6.86. The summed E-state index contributed by atoms with van der Waals surface area (Å²) in [5, 5.41) is 0. The van der Waals surface area contributed by atoms with Crippen molar-refractivity contribution in [3.8, 4) is 0 Å². The molecule has 1 aliphatic rings. The van der Waals surface area contributed by atoms with Crippen LogP contribution < -0.4 is 0 Å². The minimum atomic E-state index is 0. The van der Waals surface area contributed by atoms with Crippen molar-refractivity contribution in [3.63, 3.8) is 0 Å². The van der Waals surface area contributed by atoms with Gasteiger partial charge < -0.3 is 0 Å². The molecule has 63 valence electrons. The maximum atomic E-state index is 2.28. The summed E-state index contributed by atoms with van der Waals surface area (Å²) < 4.78 is 0. The van der Waals surface area contributed by atoms with Gasteiger partial charge in [0, 0.05) is 0 Å². The Hall–Kier alpha value is 0.103. The molecule has 0 aromatic carbocycles. The number of hydrogen-bond donors (Lipinski definition) is 0. The van der Waals surface area contributed by atoms with Crippen LogP contribution in [0.2, 0.25) is 0 Å². The van der Waals surface area contributed by atoms with Gasteiger partial charge in [0.15, 0.2) is 0 Å². The molecule has 0 nitrogen and oxygen atoms in total. The maximum absolute atomic E-state index is 2.28. The summed E-state index contributed by atoms with van der Waals surface area (Å²) in [6, 6.07) is 0. The van der Waals surface area contributed by atoms with E-state index in [2.05, 4.69) is 25.2 Å². The van der Waals surface area contributed by atoms with E-state index >= 15 is 0 Å². The minimum absolute atomic E-state index is 0. The molecule has 0 amide bonds. The van der Waals surface area contributed by atoms with Gasteiger partial charge in [-0.1, -0.05) is 30.7 Å². The Labute approximate surface area is 82.5 Å². The second-order valence-electron chi connectivity index (χ2n) is 2.85. The van der Waals surface area contributed by atoms with E-state index in [9.17, 15) is 0 Å². The van der Waals surface area contributed by atoms with Gasteiger partial charge in [0.2, 0.25) is 0 Å². The van der Waals surface area contributed by atoms with Crippen molar-refractivity contribution in [2.75, 3.05) is 0 Å². The van der Waals surface area contributed by atoms with Crippen LogP contribution in [0.25, 0.3) is 0 Å². The topological polar surface area (TPSA) is 0 Å². The van der Waals surface area contributed by atoms with Gasteiger partial charge in [0.1, 0.15) is 0 Å². The number of allylic oxidation sites excluding steroid dienone is 4. The fourth-order valence-corrected chi connectivity index (χ4v) is 1.29. The van der Waals surface area contributed by atoms with Crippen molar-refractivity contribution in [3.05, 3.63) is 23.8 Å². The number of hydrogen-bond acceptors (Lipinski definition) is 0. The third-order valence-electron chi connectivity index (χ3n) is 2.04. The van der Waals surface area contributed by atoms with E-state index in [0.717, 1.165) is 0 Å². The van der Waals surface area contributed by atoms with Crippen molar-refractivity contribution in [1.29, 1.82) is 0 Å². The summed E-state index contributed by atoms with van der Waals surface area (Å²) in [6.45, 7) is 2.24. The standard InChI is InChI=1S/C10H16.Ru/c1-2-10-8-6-4-3-5-7-9-10;/h4,6,8H,2-3,5,7,9H2,1H3;/q;+1. The van der Waals surface area contributed by atoms with Crippen LogP contribution in [0.5, 0.6) is 0 Å². The molecular weight excluding hydrogens is 221 g/mol. The van der Waals surface area contributed by atoms with Crippen molar-refractivity contribution in [2.24, 2.45) is 0 Å². The molecule has 11 heavy (non-hydrogen) atoms. The molecule has 1 rings (SSSR count). The zero-order valence-electron chi connectivity index (χ0n) is 7.12. The summed E-state index contributed by atoms with van der Waals surface area (Å²) in [4.78, 5) is 0. The van der Waals surface area contributed by atoms with Gasteiger partial charge in [0.05, 0.1) is 0 Å². The van der Waals surface area contributed by atoms with Gasteiger partial charge in [-0.05, 0) is 32.1 Å². The molecule has 1 heteroatoms. The van der Waals surface area contributed by atoms with Gasteiger partial charge >= 0.3 is 19.5 Å². The van der Waals surface area contributed by atoms with Crippen molar-refractivity contribution in [2.45, 2.75) is 39.0 Å². The van der Waals surface area contributed by atoms with Crippen LogP contribution in [-0.4, -0.2) is 0 Å². The average Bonchev–Trinajstić information content (AvgIpc) is 1.87. The molecule has 0 aromatic rings. The molecule has 0 saturated heterocycles. The third-order valence-corrected chi connectivity index (χ3v) is 2.04. The Bertz CT molecular complexity index is 145. The quantitative estimate of drug-likeness (QED) is 0.613.